The second-order valence-corrected chi connectivity index (χ2v) is 4.73. The van der Waals surface area contributed by atoms with Gasteiger partial charge in [0.15, 0.2) is 0 Å². The zero-order chi connectivity index (χ0) is 18.0. The van der Waals surface area contributed by atoms with Crippen LogP contribution in [0.2, 0.25) is 0 Å². The lowest BCUT2D eigenvalue weighted by molar-refractivity contribution is -0.386. The van der Waals surface area contributed by atoms with E-state index in [2.05, 4.69) is 15.5 Å². The Hall–Kier alpha value is -3.36. The van der Waals surface area contributed by atoms with Crippen LogP contribution in [0.1, 0.15) is 23.4 Å². The number of hydrogen-bond donors (Lipinski definition) is 1. The Labute approximate surface area is 133 Å². The number of alkyl halides is 2. The predicted octanol–water partition coefficient (Wildman–Crippen LogP) is 1.28. The average Bonchev–Trinajstić information content (AvgIpc) is 3.01. The van der Waals surface area contributed by atoms with Gasteiger partial charge in [0, 0.05) is 7.05 Å². The van der Waals surface area contributed by atoms with Crippen LogP contribution in [0.15, 0.2) is 6.20 Å². The van der Waals surface area contributed by atoms with Crippen LogP contribution in [0.3, 0.4) is 0 Å². The van der Waals surface area contributed by atoms with Gasteiger partial charge in [-0.3, -0.25) is 24.3 Å². The van der Waals surface area contributed by atoms with Gasteiger partial charge in [-0.15, -0.1) is 0 Å². The van der Waals surface area contributed by atoms with E-state index in [0.29, 0.717) is 0 Å². The summed E-state index contributed by atoms with van der Waals surface area (Å²) >= 11 is 0. The Balaban J connectivity index is 2.27. The first-order chi connectivity index (χ1) is 11.3. The first-order valence-electron chi connectivity index (χ1n) is 6.48. The highest BCUT2D eigenvalue weighted by atomic mass is 19.3. The fraction of sp³-hybridized carbons (Fsp3) is 0.333. The number of anilines is 1. The van der Waals surface area contributed by atoms with Gasteiger partial charge in [-0.1, -0.05) is 0 Å². The summed E-state index contributed by atoms with van der Waals surface area (Å²) < 4.78 is 27.8. The minimum absolute atomic E-state index is 0.113. The van der Waals surface area contributed by atoms with Crippen molar-refractivity contribution in [3.05, 3.63) is 33.3 Å². The largest absolute Gasteiger partial charge is 0.319 e. The average molecular weight is 339 g/mol. The van der Waals surface area contributed by atoms with Crippen molar-refractivity contribution in [2.24, 2.45) is 7.05 Å². The number of aromatic nitrogens is 4. The molecule has 1 amide bonds. The van der Waals surface area contributed by atoms with Gasteiger partial charge in [0.2, 0.25) is 11.6 Å². The topological polar surface area (TPSA) is 132 Å². The van der Waals surface area contributed by atoms with Crippen molar-refractivity contribution in [2.75, 3.05) is 5.32 Å². The molecule has 24 heavy (non-hydrogen) atoms. The molecule has 2 aromatic heterocycles. The smallest absolute Gasteiger partial charge is 0.308 e. The van der Waals surface area contributed by atoms with E-state index < -0.39 is 35.2 Å². The van der Waals surface area contributed by atoms with E-state index in [4.69, 9.17) is 5.26 Å². The molecule has 0 bridgehead atoms. The van der Waals surface area contributed by atoms with Crippen molar-refractivity contribution >= 4 is 17.4 Å². The van der Waals surface area contributed by atoms with Crippen molar-refractivity contribution in [1.29, 1.82) is 5.26 Å². The highest BCUT2D eigenvalue weighted by molar-refractivity contribution is 5.91. The van der Waals surface area contributed by atoms with Crippen LogP contribution in [0, 0.1) is 28.4 Å². The Kier molecular flexibility index (Phi) is 4.54. The lowest BCUT2D eigenvalue weighted by Gasteiger charge is -2.07. The molecule has 0 fully saturated rings. The maximum absolute atomic E-state index is 12.8. The maximum atomic E-state index is 12.8. The van der Waals surface area contributed by atoms with Crippen LogP contribution in [-0.2, 0) is 18.4 Å². The molecule has 0 saturated carbocycles. The third-order valence-electron chi connectivity index (χ3n) is 3.20. The quantitative estimate of drug-likeness (QED) is 0.644. The fourth-order valence-corrected chi connectivity index (χ4v) is 2.06. The molecule has 12 heteroatoms. The summed E-state index contributed by atoms with van der Waals surface area (Å²) in [5, 5.41) is 29.4. The van der Waals surface area contributed by atoms with Crippen molar-refractivity contribution in [1.82, 2.24) is 19.6 Å². The summed E-state index contributed by atoms with van der Waals surface area (Å²) in [5.41, 5.74) is -1.88. The molecular formula is C12H11F2N7O3. The SMILES string of the molecule is Cc1c([N+](=O)[O-])c(C(F)F)nn1CC(=O)Nc1c(C#N)cnn1C. The summed E-state index contributed by atoms with van der Waals surface area (Å²) in [6, 6.07) is 1.83. The molecule has 1 N–H and O–H groups in total. The van der Waals surface area contributed by atoms with Gasteiger partial charge in [-0.2, -0.15) is 15.5 Å². The number of nitriles is 1. The monoisotopic (exact) mass is 339 g/mol. The van der Waals surface area contributed by atoms with E-state index in [1.165, 1.54) is 24.9 Å². The lowest BCUT2D eigenvalue weighted by Crippen LogP contribution is -2.22. The van der Waals surface area contributed by atoms with Gasteiger partial charge < -0.3 is 5.32 Å². The molecule has 0 atom stereocenters. The second kappa shape index (κ2) is 6.41. The van der Waals surface area contributed by atoms with Gasteiger partial charge in [0.1, 0.15) is 29.7 Å². The van der Waals surface area contributed by atoms with E-state index >= 15 is 0 Å². The number of aryl methyl sites for hydroxylation is 1. The Bertz CT molecular complexity index is 850. The van der Waals surface area contributed by atoms with E-state index in [0.717, 1.165) is 4.68 Å². The zero-order valence-electron chi connectivity index (χ0n) is 12.5. The molecule has 0 spiro atoms. The maximum Gasteiger partial charge on any atom is 0.319 e. The molecule has 0 saturated heterocycles. The summed E-state index contributed by atoms with van der Waals surface area (Å²) in [5.74, 6) is -0.577. The summed E-state index contributed by atoms with van der Waals surface area (Å²) in [7, 11) is 1.50. The predicted molar refractivity (Wildman–Crippen MR) is 75.1 cm³/mol. The number of halogens is 2. The van der Waals surface area contributed by atoms with Crippen LogP contribution in [-0.4, -0.2) is 30.4 Å². The fourth-order valence-electron chi connectivity index (χ4n) is 2.06. The van der Waals surface area contributed by atoms with Gasteiger partial charge in [-0.05, 0) is 6.92 Å². The molecule has 0 aromatic carbocycles. The molecule has 2 heterocycles. The standard InChI is InChI=1S/C12H11F2N7O3/c1-6-10(21(23)24)9(11(13)14)18-20(6)5-8(22)17-12-7(3-15)4-16-19(12)2/h4,11H,5H2,1-2H3,(H,17,22). The summed E-state index contributed by atoms with van der Waals surface area (Å²) in [6.45, 7) is 0.685. The molecule has 0 unspecified atom stereocenters. The second-order valence-electron chi connectivity index (χ2n) is 4.73. The lowest BCUT2D eigenvalue weighted by atomic mass is 10.3. The van der Waals surface area contributed by atoms with Crippen LogP contribution in [0.5, 0.6) is 0 Å². The normalized spacial score (nSPS) is 10.7. The first kappa shape index (κ1) is 17.0. The van der Waals surface area contributed by atoms with Crippen molar-refractivity contribution in [2.45, 2.75) is 19.9 Å². The number of amides is 1. The molecular weight excluding hydrogens is 328 g/mol. The minimum atomic E-state index is -3.14. The van der Waals surface area contributed by atoms with Gasteiger partial charge in [-0.25, -0.2) is 8.78 Å². The Morgan fingerprint density at radius 3 is 2.75 bits per heavy atom. The van der Waals surface area contributed by atoms with Gasteiger partial charge in [0.05, 0.1) is 11.1 Å². The molecule has 0 radical (unpaired) electrons. The highest BCUT2D eigenvalue weighted by Crippen LogP contribution is 2.30. The molecule has 0 aliphatic rings. The number of nitro groups is 1. The number of nitrogens with zero attached hydrogens (tertiary/aromatic N) is 6. The highest BCUT2D eigenvalue weighted by Gasteiger charge is 2.31. The molecule has 10 nitrogen and oxygen atoms in total. The molecule has 126 valence electrons. The number of carbonyl (C=O) groups excluding carboxylic acids is 1. The molecule has 0 aliphatic heterocycles. The van der Waals surface area contributed by atoms with E-state index in [1.807, 2.05) is 6.07 Å². The van der Waals surface area contributed by atoms with Crippen LogP contribution in [0.25, 0.3) is 0 Å². The van der Waals surface area contributed by atoms with E-state index in [1.54, 1.807) is 0 Å². The number of nitrogens with one attached hydrogen (secondary N) is 1. The third-order valence-corrected chi connectivity index (χ3v) is 3.20. The molecule has 0 aliphatic carbocycles. The van der Waals surface area contributed by atoms with E-state index in [9.17, 15) is 23.7 Å². The summed E-state index contributed by atoms with van der Waals surface area (Å²) in [4.78, 5) is 22.0. The van der Waals surface area contributed by atoms with Gasteiger partial charge >= 0.3 is 5.69 Å². The zero-order valence-corrected chi connectivity index (χ0v) is 12.5. The van der Waals surface area contributed by atoms with E-state index in [-0.39, 0.29) is 17.1 Å². The third kappa shape index (κ3) is 3.05. The molecule has 2 aromatic rings. The first-order valence-corrected chi connectivity index (χ1v) is 6.48. The van der Waals surface area contributed by atoms with Crippen LogP contribution in [0.4, 0.5) is 20.3 Å². The van der Waals surface area contributed by atoms with Crippen molar-refractivity contribution in [3.8, 4) is 6.07 Å². The molecule has 2 rings (SSSR count). The van der Waals surface area contributed by atoms with Crippen molar-refractivity contribution in [3.63, 3.8) is 0 Å². The number of hydrogen-bond acceptors (Lipinski definition) is 6. The Morgan fingerprint density at radius 1 is 1.58 bits per heavy atom. The minimum Gasteiger partial charge on any atom is -0.308 e. The Morgan fingerprint density at radius 2 is 2.25 bits per heavy atom. The summed E-state index contributed by atoms with van der Waals surface area (Å²) in [6.07, 6.45) is -1.90. The van der Waals surface area contributed by atoms with Gasteiger partial charge in [0.25, 0.3) is 6.43 Å². The van der Waals surface area contributed by atoms with Crippen LogP contribution >= 0.6 is 0 Å². The van der Waals surface area contributed by atoms with Crippen LogP contribution < -0.4 is 5.32 Å². The number of rotatable bonds is 5. The number of carbonyl (C=O) groups is 1. The van der Waals surface area contributed by atoms with Crippen molar-refractivity contribution < 1.29 is 18.5 Å².